The van der Waals surface area contributed by atoms with Crippen LogP contribution in [0.2, 0.25) is 0 Å². The molecular weight excluding hydrogens is 308 g/mol. The monoisotopic (exact) mass is 326 g/mol. The fraction of sp³-hybridized carbons (Fsp3) is 0.167. The van der Waals surface area contributed by atoms with Gasteiger partial charge in [0.25, 0.3) is 5.91 Å². The molecule has 0 radical (unpaired) electrons. The van der Waals surface area contributed by atoms with Crippen molar-refractivity contribution in [1.82, 2.24) is 5.43 Å². The van der Waals surface area contributed by atoms with Crippen molar-refractivity contribution in [2.45, 2.75) is 13.8 Å². The lowest BCUT2D eigenvalue weighted by Gasteiger charge is -2.08. The minimum absolute atomic E-state index is 0.293. The molecule has 0 aliphatic carbocycles. The van der Waals surface area contributed by atoms with E-state index in [0.717, 1.165) is 5.56 Å². The van der Waals surface area contributed by atoms with Crippen molar-refractivity contribution in [3.63, 3.8) is 0 Å². The van der Waals surface area contributed by atoms with Gasteiger partial charge in [0.15, 0.2) is 11.5 Å². The number of amides is 1. The highest BCUT2D eigenvalue weighted by Crippen LogP contribution is 2.27. The summed E-state index contributed by atoms with van der Waals surface area (Å²) in [6.45, 7) is 3.23. The average Bonchev–Trinajstić information content (AvgIpc) is 2.55. The topological polar surface area (TPSA) is 77.0 Å². The fourth-order valence-corrected chi connectivity index (χ4v) is 2.02. The molecule has 0 atom stereocenters. The second-order valence-electron chi connectivity index (χ2n) is 5.07. The summed E-state index contributed by atoms with van der Waals surface area (Å²) in [5, 5.41) is 3.93. The second kappa shape index (κ2) is 7.92. The Labute approximate surface area is 140 Å². The third-order valence-corrected chi connectivity index (χ3v) is 3.10. The van der Waals surface area contributed by atoms with E-state index in [2.05, 4.69) is 10.5 Å². The number of hydrazone groups is 1. The number of rotatable bonds is 5. The van der Waals surface area contributed by atoms with Crippen LogP contribution in [0.1, 0.15) is 28.4 Å². The van der Waals surface area contributed by atoms with Crippen LogP contribution in [0.15, 0.2) is 47.6 Å². The molecule has 124 valence electrons. The molecule has 6 heteroatoms. The molecule has 2 aromatic rings. The first-order valence-electron chi connectivity index (χ1n) is 7.26. The van der Waals surface area contributed by atoms with Gasteiger partial charge < -0.3 is 9.47 Å². The number of carbonyl (C=O) groups excluding carboxylic acids is 2. The number of aryl methyl sites for hydroxylation is 1. The lowest BCUT2D eigenvalue weighted by Crippen LogP contribution is -2.17. The van der Waals surface area contributed by atoms with Crippen molar-refractivity contribution in [2.75, 3.05) is 7.11 Å². The van der Waals surface area contributed by atoms with Gasteiger partial charge in [-0.1, -0.05) is 17.7 Å². The Bertz CT molecular complexity index is 784. The number of methoxy groups -OCH3 is 1. The predicted molar refractivity (Wildman–Crippen MR) is 90.5 cm³/mol. The summed E-state index contributed by atoms with van der Waals surface area (Å²) in [6, 6.07) is 12.2. The van der Waals surface area contributed by atoms with Crippen molar-refractivity contribution in [3.05, 3.63) is 59.2 Å². The zero-order valence-corrected chi connectivity index (χ0v) is 13.7. The summed E-state index contributed by atoms with van der Waals surface area (Å²) < 4.78 is 10.2. The molecule has 0 heterocycles. The summed E-state index contributed by atoms with van der Waals surface area (Å²) in [7, 11) is 1.47. The Morgan fingerprint density at radius 2 is 1.92 bits per heavy atom. The number of esters is 1. The number of nitrogens with one attached hydrogen (secondary N) is 1. The standard InChI is InChI=1S/C18H18N2O4/c1-12-5-4-6-15(9-12)18(22)20-19-11-14-7-8-16(24-13(2)21)17(10-14)23-3/h4-11H,1-3H3,(H,20,22)/b19-11-. The minimum Gasteiger partial charge on any atom is -0.493 e. The Hall–Kier alpha value is -3.15. The molecule has 0 aliphatic rings. The Morgan fingerprint density at radius 1 is 1.12 bits per heavy atom. The third-order valence-electron chi connectivity index (χ3n) is 3.10. The molecular formula is C18H18N2O4. The Kier molecular flexibility index (Phi) is 5.68. The van der Waals surface area contributed by atoms with Crippen LogP contribution in [-0.4, -0.2) is 25.2 Å². The summed E-state index contributed by atoms with van der Waals surface area (Å²) in [5.41, 5.74) is 4.69. The van der Waals surface area contributed by atoms with Crippen LogP contribution in [-0.2, 0) is 4.79 Å². The maximum absolute atomic E-state index is 12.0. The largest absolute Gasteiger partial charge is 0.493 e. The number of hydrogen-bond acceptors (Lipinski definition) is 5. The van der Waals surface area contributed by atoms with Crippen molar-refractivity contribution in [1.29, 1.82) is 0 Å². The predicted octanol–water partition coefficient (Wildman–Crippen LogP) is 2.69. The highest BCUT2D eigenvalue weighted by molar-refractivity contribution is 5.95. The molecule has 0 fully saturated rings. The maximum Gasteiger partial charge on any atom is 0.308 e. The molecule has 2 rings (SSSR count). The van der Waals surface area contributed by atoms with Gasteiger partial charge in [0.1, 0.15) is 0 Å². The first-order chi connectivity index (χ1) is 11.5. The molecule has 0 aromatic heterocycles. The van der Waals surface area contributed by atoms with Crippen molar-refractivity contribution in [2.24, 2.45) is 5.10 Å². The number of benzene rings is 2. The SMILES string of the molecule is COc1cc(/C=N\NC(=O)c2cccc(C)c2)ccc1OC(C)=O. The van der Waals surface area contributed by atoms with E-state index in [-0.39, 0.29) is 5.91 Å². The first-order valence-corrected chi connectivity index (χ1v) is 7.26. The number of ether oxygens (including phenoxy) is 2. The summed E-state index contributed by atoms with van der Waals surface area (Å²) in [5.74, 6) is 0.00342. The highest BCUT2D eigenvalue weighted by Gasteiger charge is 2.07. The third kappa shape index (κ3) is 4.67. The van der Waals surface area contributed by atoms with Gasteiger partial charge in [-0.2, -0.15) is 5.10 Å². The molecule has 0 bridgehead atoms. The van der Waals surface area contributed by atoms with E-state index in [4.69, 9.17) is 9.47 Å². The molecule has 6 nitrogen and oxygen atoms in total. The molecule has 1 amide bonds. The fourth-order valence-electron chi connectivity index (χ4n) is 2.02. The average molecular weight is 326 g/mol. The molecule has 0 saturated carbocycles. The van der Waals surface area contributed by atoms with Crippen molar-refractivity contribution < 1.29 is 19.1 Å². The van der Waals surface area contributed by atoms with Crippen LogP contribution in [0.25, 0.3) is 0 Å². The second-order valence-corrected chi connectivity index (χ2v) is 5.07. The Morgan fingerprint density at radius 3 is 2.58 bits per heavy atom. The van der Waals surface area contributed by atoms with E-state index in [1.807, 2.05) is 19.1 Å². The van der Waals surface area contributed by atoms with Crippen LogP contribution in [0.5, 0.6) is 11.5 Å². The van der Waals surface area contributed by atoms with Crippen LogP contribution in [0.3, 0.4) is 0 Å². The van der Waals surface area contributed by atoms with Crippen LogP contribution in [0.4, 0.5) is 0 Å². The van der Waals surface area contributed by atoms with Crippen LogP contribution < -0.4 is 14.9 Å². The molecule has 0 aliphatic heterocycles. The molecule has 0 unspecified atom stereocenters. The number of nitrogens with zero attached hydrogens (tertiary/aromatic N) is 1. The quantitative estimate of drug-likeness (QED) is 0.397. The van der Waals surface area contributed by atoms with Crippen molar-refractivity contribution >= 4 is 18.1 Å². The van der Waals surface area contributed by atoms with Gasteiger partial charge >= 0.3 is 5.97 Å². The molecule has 1 N–H and O–H groups in total. The van der Waals surface area contributed by atoms with Crippen LogP contribution >= 0.6 is 0 Å². The zero-order chi connectivity index (χ0) is 17.5. The summed E-state index contributed by atoms with van der Waals surface area (Å²) >= 11 is 0. The Balaban J connectivity index is 2.06. The molecule has 24 heavy (non-hydrogen) atoms. The summed E-state index contributed by atoms with van der Waals surface area (Å²) in [4.78, 5) is 23.0. The van der Waals surface area contributed by atoms with Crippen molar-refractivity contribution in [3.8, 4) is 11.5 Å². The molecule has 2 aromatic carbocycles. The lowest BCUT2D eigenvalue weighted by molar-refractivity contribution is -0.132. The van der Waals surface area contributed by atoms with E-state index in [9.17, 15) is 9.59 Å². The number of hydrogen-bond donors (Lipinski definition) is 1. The van der Waals surface area contributed by atoms with E-state index in [0.29, 0.717) is 22.6 Å². The van der Waals surface area contributed by atoms with Crippen LogP contribution in [0, 0.1) is 6.92 Å². The first kappa shape index (κ1) is 17.2. The zero-order valence-electron chi connectivity index (χ0n) is 13.7. The van der Waals surface area contributed by atoms with Gasteiger partial charge in [-0.25, -0.2) is 5.43 Å². The van der Waals surface area contributed by atoms with E-state index < -0.39 is 5.97 Å². The van der Waals surface area contributed by atoms with Gasteiger partial charge in [-0.3, -0.25) is 9.59 Å². The smallest absolute Gasteiger partial charge is 0.308 e. The molecule has 0 spiro atoms. The van der Waals surface area contributed by atoms with Gasteiger partial charge in [-0.15, -0.1) is 0 Å². The lowest BCUT2D eigenvalue weighted by atomic mass is 10.1. The molecule has 0 saturated heterocycles. The van der Waals surface area contributed by atoms with Gasteiger partial charge in [0.2, 0.25) is 0 Å². The van der Waals surface area contributed by atoms with Gasteiger partial charge in [0.05, 0.1) is 13.3 Å². The van der Waals surface area contributed by atoms with Gasteiger partial charge in [-0.05, 0) is 42.8 Å². The number of carbonyl (C=O) groups is 2. The van der Waals surface area contributed by atoms with E-state index in [1.54, 1.807) is 30.3 Å². The summed E-state index contributed by atoms with van der Waals surface area (Å²) in [6.07, 6.45) is 1.48. The maximum atomic E-state index is 12.0. The van der Waals surface area contributed by atoms with E-state index in [1.165, 1.54) is 20.2 Å². The minimum atomic E-state index is -0.430. The van der Waals surface area contributed by atoms with E-state index >= 15 is 0 Å². The van der Waals surface area contributed by atoms with Gasteiger partial charge in [0, 0.05) is 12.5 Å². The normalized spacial score (nSPS) is 10.5. The highest BCUT2D eigenvalue weighted by atomic mass is 16.6.